The van der Waals surface area contributed by atoms with Gasteiger partial charge < -0.3 is 4.98 Å². The molecule has 0 aliphatic heterocycles. The second-order valence-electron chi connectivity index (χ2n) is 4.36. The van der Waals surface area contributed by atoms with Crippen LogP contribution >= 0.6 is 15.9 Å². The molecule has 0 saturated carbocycles. The summed E-state index contributed by atoms with van der Waals surface area (Å²) in [7, 11) is -3.70. The summed E-state index contributed by atoms with van der Waals surface area (Å²) in [6.07, 6.45) is 2.94. The lowest BCUT2D eigenvalue weighted by Crippen LogP contribution is -2.06. The molecular weight excluding hydrogens is 342 g/mol. The average molecular weight is 352 g/mol. The Balaban J connectivity index is 2.22. The summed E-state index contributed by atoms with van der Waals surface area (Å²) in [5.74, 6) is 0. The largest absolute Gasteiger partial charge is 0.345 e. The highest BCUT2D eigenvalue weighted by Crippen LogP contribution is 2.28. The molecule has 20 heavy (non-hydrogen) atoms. The van der Waals surface area contributed by atoms with E-state index in [1.807, 2.05) is 13.0 Å². The quantitative estimate of drug-likeness (QED) is 0.770. The van der Waals surface area contributed by atoms with E-state index in [4.69, 9.17) is 0 Å². The van der Waals surface area contributed by atoms with Crippen LogP contribution in [0.2, 0.25) is 0 Å². The third-order valence-corrected chi connectivity index (χ3v) is 5.51. The van der Waals surface area contributed by atoms with Crippen LogP contribution in [0.5, 0.6) is 0 Å². The lowest BCUT2D eigenvalue weighted by molar-refractivity contribution is 0.591. The summed E-state index contributed by atoms with van der Waals surface area (Å²) in [4.78, 5) is 11.3. The van der Waals surface area contributed by atoms with Gasteiger partial charge in [-0.15, -0.1) is 0 Å². The number of benzene rings is 1. The molecule has 3 rings (SSSR count). The first-order valence-electron chi connectivity index (χ1n) is 5.80. The van der Waals surface area contributed by atoms with E-state index < -0.39 is 9.84 Å². The first-order valence-corrected chi connectivity index (χ1v) is 8.07. The number of hydrogen-bond acceptors (Lipinski definition) is 4. The molecular formula is C13H10BrN3O2S. The van der Waals surface area contributed by atoms with Crippen molar-refractivity contribution in [3.05, 3.63) is 46.7 Å². The van der Waals surface area contributed by atoms with Crippen LogP contribution in [0.1, 0.15) is 5.56 Å². The van der Waals surface area contributed by atoms with E-state index in [1.165, 1.54) is 6.20 Å². The van der Waals surface area contributed by atoms with Gasteiger partial charge in [-0.2, -0.15) is 0 Å². The molecule has 0 spiro atoms. The van der Waals surface area contributed by atoms with Crippen molar-refractivity contribution in [2.24, 2.45) is 0 Å². The highest BCUT2D eigenvalue weighted by atomic mass is 79.9. The molecule has 0 radical (unpaired) electrons. The summed E-state index contributed by atoms with van der Waals surface area (Å²) in [5, 5.41) is -0.0594. The Kier molecular flexibility index (Phi) is 3.10. The number of hydrogen-bond donors (Lipinski definition) is 1. The van der Waals surface area contributed by atoms with Gasteiger partial charge in [-0.05, 0) is 46.6 Å². The van der Waals surface area contributed by atoms with Gasteiger partial charge in [0.15, 0.2) is 10.7 Å². The summed E-state index contributed by atoms with van der Waals surface area (Å²) < 4.78 is 25.8. The van der Waals surface area contributed by atoms with E-state index in [9.17, 15) is 8.42 Å². The maximum atomic E-state index is 12.6. The fraction of sp³-hybridized carbons (Fsp3) is 0.0769. The van der Waals surface area contributed by atoms with Crippen molar-refractivity contribution in [3.63, 3.8) is 0 Å². The minimum absolute atomic E-state index is 0.0594. The molecule has 1 N–H and O–H groups in total. The summed E-state index contributed by atoms with van der Waals surface area (Å²) >= 11 is 3.27. The number of nitrogens with zero attached hydrogens (tertiary/aromatic N) is 2. The maximum Gasteiger partial charge on any atom is 0.226 e. The Bertz CT molecular complexity index is 903. The molecule has 0 amide bonds. The third kappa shape index (κ3) is 2.12. The van der Waals surface area contributed by atoms with Crippen molar-refractivity contribution >= 4 is 36.9 Å². The van der Waals surface area contributed by atoms with Gasteiger partial charge in [0.05, 0.1) is 11.1 Å². The van der Waals surface area contributed by atoms with Crippen molar-refractivity contribution in [2.75, 3.05) is 0 Å². The number of sulfone groups is 1. The van der Waals surface area contributed by atoms with Gasteiger partial charge in [0.25, 0.3) is 0 Å². The molecule has 102 valence electrons. The Morgan fingerprint density at radius 3 is 2.85 bits per heavy atom. The number of halogens is 1. The van der Waals surface area contributed by atoms with Crippen LogP contribution in [0.15, 0.2) is 51.1 Å². The lowest BCUT2D eigenvalue weighted by atomic mass is 10.2. The second-order valence-corrected chi connectivity index (χ2v) is 7.08. The van der Waals surface area contributed by atoms with E-state index in [2.05, 4.69) is 30.9 Å². The zero-order valence-corrected chi connectivity index (χ0v) is 12.9. The summed E-state index contributed by atoms with van der Waals surface area (Å²) in [6, 6.07) is 6.85. The number of aromatic amines is 1. The first-order chi connectivity index (χ1) is 9.48. The maximum absolute atomic E-state index is 12.6. The van der Waals surface area contributed by atoms with Gasteiger partial charge in [-0.3, -0.25) is 0 Å². The van der Waals surface area contributed by atoms with Crippen LogP contribution in [0.4, 0.5) is 0 Å². The highest BCUT2D eigenvalue weighted by Gasteiger charge is 2.23. The Labute approximate surface area is 124 Å². The molecule has 3 aromatic rings. The second kappa shape index (κ2) is 4.68. The zero-order chi connectivity index (χ0) is 14.3. The van der Waals surface area contributed by atoms with Crippen LogP contribution < -0.4 is 0 Å². The minimum Gasteiger partial charge on any atom is -0.345 e. The number of aromatic nitrogens is 3. The van der Waals surface area contributed by atoms with Crippen molar-refractivity contribution in [1.82, 2.24) is 15.0 Å². The molecule has 0 aliphatic rings. The molecule has 2 heterocycles. The van der Waals surface area contributed by atoms with Gasteiger partial charge in [-0.25, -0.2) is 18.4 Å². The van der Waals surface area contributed by atoms with E-state index in [0.29, 0.717) is 15.6 Å². The predicted octanol–water partition coefficient (Wildman–Crippen LogP) is 2.86. The standard InChI is InChI=1S/C13H10BrN3O2S/c1-8-2-3-9(14)11(6-8)20(18,19)12-7-16-13-10(17-12)4-5-15-13/h2-7H,1H3,(H,15,16). The number of fused-ring (bicyclic) bond motifs is 1. The van der Waals surface area contributed by atoms with Gasteiger partial charge >= 0.3 is 0 Å². The van der Waals surface area contributed by atoms with Gasteiger partial charge in [-0.1, -0.05) is 6.07 Å². The smallest absolute Gasteiger partial charge is 0.226 e. The van der Waals surface area contributed by atoms with Crippen molar-refractivity contribution in [3.8, 4) is 0 Å². The molecule has 7 heteroatoms. The molecule has 0 unspecified atom stereocenters. The van der Waals surface area contributed by atoms with Gasteiger partial charge in [0.1, 0.15) is 5.52 Å². The number of aryl methyl sites for hydroxylation is 1. The van der Waals surface area contributed by atoms with Crippen LogP contribution in [-0.4, -0.2) is 23.4 Å². The fourth-order valence-corrected chi connectivity index (χ4v) is 4.06. The average Bonchev–Trinajstić information content (AvgIpc) is 2.88. The van der Waals surface area contributed by atoms with Crippen molar-refractivity contribution in [2.45, 2.75) is 16.8 Å². The topological polar surface area (TPSA) is 75.7 Å². The van der Waals surface area contributed by atoms with Crippen molar-refractivity contribution < 1.29 is 8.42 Å². The molecule has 2 aromatic heterocycles. The minimum atomic E-state index is -3.70. The van der Waals surface area contributed by atoms with E-state index in [0.717, 1.165) is 5.56 Å². The van der Waals surface area contributed by atoms with Gasteiger partial charge in [0, 0.05) is 10.7 Å². The molecule has 0 fully saturated rings. The van der Waals surface area contributed by atoms with Crippen LogP contribution in [0, 0.1) is 6.92 Å². The molecule has 1 aromatic carbocycles. The Morgan fingerprint density at radius 1 is 1.25 bits per heavy atom. The monoisotopic (exact) mass is 351 g/mol. The third-order valence-electron chi connectivity index (χ3n) is 2.89. The SMILES string of the molecule is Cc1ccc(Br)c(S(=O)(=O)c2cnc3[nH]ccc3n2)c1. The fourth-order valence-electron chi connectivity index (χ4n) is 1.87. The highest BCUT2D eigenvalue weighted by molar-refractivity contribution is 9.10. The Morgan fingerprint density at radius 2 is 2.05 bits per heavy atom. The van der Waals surface area contributed by atoms with Crippen LogP contribution in [0.25, 0.3) is 11.2 Å². The molecule has 0 bridgehead atoms. The molecule has 5 nitrogen and oxygen atoms in total. The molecule has 0 saturated heterocycles. The first kappa shape index (κ1) is 13.3. The predicted molar refractivity (Wildman–Crippen MR) is 78.2 cm³/mol. The van der Waals surface area contributed by atoms with E-state index >= 15 is 0 Å². The number of rotatable bonds is 2. The summed E-state index contributed by atoms with van der Waals surface area (Å²) in [5.41, 5.74) is 1.95. The normalized spacial score (nSPS) is 11.9. The van der Waals surface area contributed by atoms with Crippen LogP contribution in [-0.2, 0) is 9.84 Å². The van der Waals surface area contributed by atoms with E-state index in [1.54, 1.807) is 24.4 Å². The molecule has 0 atom stereocenters. The Hall–Kier alpha value is -1.73. The van der Waals surface area contributed by atoms with E-state index in [-0.39, 0.29) is 9.92 Å². The number of H-pyrrole nitrogens is 1. The lowest BCUT2D eigenvalue weighted by Gasteiger charge is -2.07. The van der Waals surface area contributed by atoms with Gasteiger partial charge in [0.2, 0.25) is 9.84 Å². The summed E-state index contributed by atoms with van der Waals surface area (Å²) in [6.45, 7) is 1.84. The number of nitrogens with one attached hydrogen (secondary N) is 1. The van der Waals surface area contributed by atoms with Crippen LogP contribution in [0.3, 0.4) is 0 Å². The zero-order valence-electron chi connectivity index (χ0n) is 10.5. The molecule has 0 aliphatic carbocycles. The van der Waals surface area contributed by atoms with Crippen molar-refractivity contribution in [1.29, 1.82) is 0 Å².